The van der Waals surface area contributed by atoms with Crippen LogP contribution in [0.2, 0.25) is 0 Å². The summed E-state index contributed by atoms with van der Waals surface area (Å²) in [5.74, 6) is -1.09. The molecule has 1 fully saturated rings. The predicted molar refractivity (Wildman–Crippen MR) is 103 cm³/mol. The lowest BCUT2D eigenvalue weighted by Gasteiger charge is -2.18. The number of alkyl halides is 3. The zero-order chi connectivity index (χ0) is 20.1. The van der Waals surface area contributed by atoms with Gasteiger partial charge in [-0.2, -0.15) is 13.2 Å². The number of carbonyl (C=O) groups is 1. The summed E-state index contributed by atoms with van der Waals surface area (Å²) < 4.78 is 38.5. The molecule has 0 unspecified atom stereocenters. The van der Waals surface area contributed by atoms with Crippen LogP contribution in [0.15, 0.2) is 66.8 Å². The number of aliphatic carboxylic acids is 1. The van der Waals surface area contributed by atoms with Crippen LogP contribution in [0.4, 0.5) is 18.9 Å². The first-order valence-corrected chi connectivity index (χ1v) is 8.99. The van der Waals surface area contributed by atoms with Crippen molar-refractivity contribution in [2.45, 2.75) is 19.0 Å². The van der Waals surface area contributed by atoms with Crippen molar-refractivity contribution in [3.63, 3.8) is 0 Å². The molecule has 28 heavy (non-hydrogen) atoms. The Morgan fingerprint density at radius 2 is 1.46 bits per heavy atom. The van der Waals surface area contributed by atoms with Crippen LogP contribution in [0.3, 0.4) is 0 Å². The van der Waals surface area contributed by atoms with E-state index in [2.05, 4.69) is 4.90 Å². The summed E-state index contributed by atoms with van der Waals surface area (Å²) in [7, 11) is 0. The molecule has 1 saturated heterocycles. The Morgan fingerprint density at radius 1 is 0.929 bits per heavy atom. The van der Waals surface area contributed by atoms with Crippen LogP contribution in [-0.4, -0.2) is 24.2 Å². The lowest BCUT2D eigenvalue weighted by atomic mass is 9.96. The summed E-state index contributed by atoms with van der Waals surface area (Å²) >= 11 is 0. The van der Waals surface area contributed by atoms with E-state index in [0.29, 0.717) is 11.1 Å². The predicted octanol–water partition coefficient (Wildman–Crippen LogP) is 5.38. The lowest BCUT2D eigenvalue weighted by molar-refractivity contribution is -0.137. The molecule has 0 radical (unpaired) electrons. The first kappa shape index (κ1) is 19.7. The second-order valence-corrected chi connectivity index (χ2v) is 6.59. The van der Waals surface area contributed by atoms with Crippen LogP contribution >= 0.6 is 0 Å². The largest absolute Gasteiger partial charge is 0.478 e. The van der Waals surface area contributed by atoms with E-state index < -0.39 is 17.7 Å². The molecule has 1 aliphatic heterocycles. The molecule has 0 saturated carbocycles. The van der Waals surface area contributed by atoms with Crippen molar-refractivity contribution >= 4 is 17.2 Å². The Labute approximate surface area is 161 Å². The number of benzene rings is 2. The average Bonchev–Trinajstić information content (AvgIpc) is 3.19. The first-order valence-electron chi connectivity index (χ1n) is 8.99. The molecule has 0 bridgehead atoms. The average molecular weight is 387 g/mol. The Morgan fingerprint density at radius 3 is 1.96 bits per heavy atom. The summed E-state index contributed by atoms with van der Waals surface area (Å²) in [6.07, 6.45) is 1.90. The molecule has 0 amide bonds. The number of allylic oxidation sites excluding steroid dienone is 2. The molecule has 0 aliphatic carbocycles. The van der Waals surface area contributed by atoms with Crippen molar-refractivity contribution in [2.24, 2.45) is 0 Å². The highest BCUT2D eigenvalue weighted by Gasteiger charge is 2.30. The Hall–Kier alpha value is -3.02. The van der Waals surface area contributed by atoms with Gasteiger partial charge in [0.25, 0.3) is 0 Å². The number of carboxylic acids is 1. The molecule has 1 aliphatic rings. The van der Waals surface area contributed by atoms with Gasteiger partial charge in [0.15, 0.2) is 0 Å². The fraction of sp³-hybridized carbons (Fsp3) is 0.227. The molecule has 3 rings (SSSR count). The number of anilines is 1. The van der Waals surface area contributed by atoms with Crippen molar-refractivity contribution in [3.8, 4) is 0 Å². The summed E-state index contributed by atoms with van der Waals surface area (Å²) in [4.78, 5) is 13.0. The van der Waals surface area contributed by atoms with Crippen LogP contribution in [0.5, 0.6) is 0 Å². The van der Waals surface area contributed by atoms with Gasteiger partial charge in [-0.1, -0.05) is 36.4 Å². The molecule has 0 spiro atoms. The van der Waals surface area contributed by atoms with E-state index >= 15 is 0 Å². The van der Waals surface area contributed by atoms with Gasteiger partial charge in [0.05, 0.1) is 5.56 Å². The van der Waals surface area contributed by atoms with Gasteiger partial charge in [-0.3, -0.25) is 0 Å². The second kappa shape index (κ2) is 8.33. The maximum atomic E-state index is 12.8. The SMILES string of the molecule is O=C(O)C=CC=C(c1ccc(N2CCCC2)cc1)c1ccc(C(F)(F)F)cc1. The van der Waals surface area contributed by atoms with E-state index in [1.165, 1.54) is 31.1 Å². The van der Waals surface area contributed by atoms with Gasteiger partial charge < -0.3 is 10.0 Å². The van der Waals surface area contributed by atoms with Crippen molar-refractivity contribution in [2.75, 3.05) is 18.0 Å². The molecule has 2 aromatic carbocycles. The van der Waals surface area contributed by atoms with Gasteiger partial charge >= 0.3 is 12.1 Å². The summed E-state index contributed by atoms with van der Waals surface area (Å²) in [5.41, 5.74) is 2.42. The van der Waals surface area contributed by atoms with Gasteiger partial charge in [0.1, 0.15) is 0 Å². The van der Waals surface area contributed by atoms with Crippen LogP contribution in [0.1, 0.15) is 29.5 Å². The smallest absolute Gasteiger partial charge is 0.416 e. The normalized spacial score (nSPS) is 15.4. The quantitative estimate of drug-likeness (QED) is 0.553. The third-order valence-electron chi connectivity index (χ3n) is 4.67. The maximum absolute atomic E-state index is 12.8. The highest BCUT2D eigenvalue weighted by Crippen LogP contribution is 2.32. The van der Waals surface area contributed by atoms with Crippen LogP contribution < -0.4 is 4.90 Å². The van der Waals surface area contributed by atoms with E-state index in [1.807, 2.05) is 24.3 Å². The summed E-state index contributed by atoms with van der Waals surface area (Å²) in [6.45, 7) is 2.03. The fourth-order valence-electron chi connectivity index (χ4n) is 3.25. The van der Waals surface area contributed by atoms with Gasteiger partial charge in [-0.05, 0) is 53.8 Å². The minimum Gasteiger partial charge on any atom is -0.478 e. The van der Waals surface area contributed by atoms with Gasteiger partial charge in [0, 0.05) is 24.9 Å². The van der Waals surface area contributed by atoms with Crippen LogP contribution in [0, 0.1) is 0 Å². The summed E-state index contributed by atoms with van der Waals surface area (Å²) in [6, 6.07) is 12.6. The Kier molecular flexibility index (Phi) is 5.87. The van der Waals surface area contributed by atoms with E-state index in [1.54, 1.807) is 6.08 Å². The molecule has 2 aromatic rings. The van der Waals surface area contributed by atoms with E-state index in [0.717, 1.165) is 42.5 Å². The number of hydrogen-bond donors (Lipinski definition) is 1. The fourth-order valence-corrected chi connectivity index (χ4v) is 3.25. The third kappa shape index (κ3) is 4.82. The first-order chi connectivity index (χ1) is 13.3. The van der Waals surface area contributed by atoms with Gasteiger partial charge in [0.2, 0.25) is 0 Å². The van der Waals surface area contributed by atoms with Crippen molar-refractivity contribution in [1.29, 1.82) is 0 Å². The Bertz CT molecular complexity index is 875. The Balaban J connectivity index is 1.94. The number of nitrogens with zero attached hydrogens (tertiary/aromatic N) is 1. The number of rotatable bonds is 5. The minimum atomic E-state index is -4.40. The standard InChI is InChI=1S/C22H20F3NO2/c23-22(24,25)18-10-6-16(7-11-18)20(4-3-5-21(27)28)17-8-12-19(13-9-17)26-14-1-2-15-26/h3-13H,1-2,14-15H2,(H,27,28). The highest BCUT2D eigenvalue weighted by atomic mass is 19.4. The number of carboxylic acid groups (broad SMARTS) is 1. The van der Waals surface area contributed by atoms with E-state index in [-0.39, 0.29) is 0 Å². The molecule has 6 heteroatoms. The van der Waals surface area contributed by atoms with E-state index in [4.69, 9.17) is 5.11 Å². The van der Waals surface area contributed by atoms with E-state index in [9.17, 15) is 18.0 Å². The van der Waals surface area contributed by atoms with Crippen molar-refractivity contribution < 1.29 is 23.1 Å². The topological polar surface area (TPSA) is 40.5 Å². The molecule has 0 aromatic heterocycles. The van der Waals surface area contributed by atoms with Crippen LogP contribution in [0.25, 0.3) is 5.57 Å². The lowest BCUT2D eigenvalue weighted by Crippen LogP contribution is -2.17. The van der Waals surface area contributed by atoms with Crippen molar-refractivity contribution in [3.05, 3.63) is 83.4 Å². The molecule has 3 nitrogen and oxygen atoms in total. The zero-order valence-electron chi connectivity index (χ0n) is 15.1. The molecule has 146 valence electrons. The third-order valence-corrected chi connectivity index (χ3v) is 4.67. The highest BCUT2D eigenvalue weighted by molar-refractivity contribution is 5.84. The number of halogens is 3. The molecular weight excluding hydrogens is 367 g/mol. The zero-order valence-corrected chi connectivity index (χ0v) is 15.1. The van der Waals surface area contributed by atoms with Gasteiger partial charge in [-0.15, -0.1) is 0 Å². The maximum Gasteiger partial charge on any atom is 0.416 e. The molecular formula is C22H20F3NO2. The van der Waals surface area contributed by atoms with Crippen molar-refractivity contribution in [1.82, 2.24) is 0 Å². The number of hydrogen-bond acceptors (Lipinski definition) is 2. The molecule has 0 atom stereocenters. The molecule has 1 N–H and O–H groups in total. The second-order valence-electron chi connectivity index (χ2n) is 6.59. The minimum absolute atomic E-state index is 0.581. The van der Waals surface area contributed by atoms with Crippen LogP contribution in [-0.2, 0) is 11.0 Å². The molecule has 1 heterocycles. The van der Waals surface area contributed by atoms with Gasteiger partial charge in [-0.25, -0.2) is 4.79 Å². The summed E-state index contributed by atoms with van der Waals surface area (Å²) in [5, 5.41) is 8.80. The monoisotopic (exact) mass is 387 g/mol.